The quantitative estimate of drug-likeness (QED) is 0.604. The largest absolute Gasteiger partial charge is 0.496 e. The van der Waals surface area contributed by atoms with Gasteiger partial charge in [0.15, 0.2) is 0 Å². The summed E-state index contributed by atoms with van der Waals surface area (Å²) in [6.45, 7) is 7.17. The summed E-state index contributed by atoms with van der Waals surface area (Å²) in [5, 5.41) is 3.17. The van der Waals surface area contributed by atoms with Gasteiger partial charge < -0.3 is 14.8 Å². The number of carbonyl (C=O) groups is 1. The Morgan fingerprint density at radius 1 is 1.14 bits per heavy atom. The second kappa shape index (κ2) is 10.2. The van der Waals surface area contributed by atoms with Gasteiger partial charge in [-0.2, -0.15) is 4.31 Å². The first kappa shape index (κ1) is 25.5. The molecule has 0 aromatic heterocycles. The fourth-order valence-electron chi connectivity index (χ4n) is 4.97. The monoisotopic (exact) mass is 500 g/mol. The van der Waals surface area contributed by atoms with Crippen LogP contribution in [0.4, 0.5) is 0 Å². The number of carbonyl (C=O) groups excluding carboxylic acids is 1. The van der Waals surface area contributed by atoms with Crippen LogP contribution in [0.5, 0.6) is 11.5 Å². The van der Waals surface area contributed by atoms with Crippen LogP contribution in [0.2, 0.25) is 0 Å². The average molecular weight is 501 g/mol. The van der Waals surface area contributed by atoms with Gasteiger partial charge in [-0.05, 0) is 75.4 Å². The maximum atomic E-state index is 13.1. The number of piperidine rings is 1. The standard InChI is InChI=1S/C27H36N2O5S/c1-19-8-11-22-23(18-27(2,3)34-25(22)16-19)28-26(30)13-9-20-17-21(10-12-24(20)33-4)35(31,32)29-14-6-5-7-15-29/h8,10-12,16-17,23H,5-7,9,13-15,18H2,1-4H3,(H,28,30)/t23-/m0/s1. The molecule has 0 radical (unpaired) electrons. The van der Waals surface area contributed by atoms with E-state index in [4.69, 9.17) is 9.47 Å². The molecule has 0 saturated carbocycles. The minimum absolute atomic E-state index is 0.0921. The molecule has 1 fully saturated rings. The van der Waals surface area contributed by atoms with Crippen molar-refractivity contribution in [3.63, 3.8) is 0 Å². The van der Waals surface area contributed by atoms with E-state index < -0.39 is 10.0 Å². The Kier molecular flexibility index (Phi) is 7.43. The zero-order chi connectivity index (χ0) is 25.2. The molecule has 2 heterocycles. The van der Waals surface area contributed by atoms with Crippen LogP contribution in [0.3, 0.4) is 0 Å². The highest BCUT2D eigenvalue weighted by Gasteiger charge is 2.34. The molecule has 35 heavy (non-hydrogen) atoms. The van der Waals surface area contributed by atoms with Crippen LogP contribution in [-0.2, 0) is 21.2 Å². The first-order valence-corrected chi connectivity index (χ1v) is 13.8. The van der Waals surface area contributed by atoms with Gasteiger partial charge >= 0.3 is 0 Å². The molecule has 0 aliphatic carbocycles. The molecule has 1 atom stereocenters. The Hall–Kier alpha value is -2.58. The van der Waals surface area contributed by atoms with Crippen molar-refractivity contribution in [1.82, 2.24) is 9.62 Å². The van der Waals surface area contributed by atoms with E-state index in [2.05, 4.69) is 5.32 Å². The number of sulfonamides is 1. The van der Waals surface area contributed by atoms with Gasteiger partial charge in [0, 0.05) is 31.5 Å². The minimum atomic E-state index is -3.56. The third-order valence-corrected chi connectivity index (χ3v) is 8.68. The second-order valence-corrected chi connectivity index (χ2v) is 12.1. The van der Waals surface area contributed by atoms with E-state index in [0.717, 1.165) is 36.1 Å². The molecule has 1 amide bonds. The molecular formula is C27H36N2O5S. The van der Waals surface area contributed by atoms with Crippen LogP contribution in [0.25, 0.3) is 0 Å². The zero-order valence-corrected chi connectivity index (χ0v) is 21.9. The molecule has 1 saturated heterocycles. The molecule has 2 aliphatic rings. The van der Waals surface area contributed by atoms with E-state index in [1.807, 2.05) is 39.0 Å². The molecule has 8 heteroatoms. The highest BCUT2D eigenvalue weighted by atomic mass is 32.2. The Bertz CT molecular complexity index is 1190. The van der Waals surface area contributed by atoms with Crippen LogP contribution in [-0.4, -0.2) is 44.4 Å². The van der Waals surface area contributed by atoms with Crippen molar-refractivity contribution in [2.75, 3.05) is 20.2 Å². The van der Waals surface area contributed by atoms with Gasteiger partial charge in [-0.3, -0.25) is 4.79 Å². The van der Waals surface area contributed by atoms with Gasteiger partial charge in [0.1, 0.15) is 17.1 Å². The third kappa shape index (κ3) is 5.81. The van der Waals surface area contributed by atoms with Gasteiger partial charge in [-0.25, -0.2) is 8.42 Å². The fraction of sp³-hybridized carbons (Fsp3) is 0.519. The zero-order valence-electron chi connectivity index (χ0n) is 21.1. The summed E-state index contributed by atoms with van der Waals surface area (Å²) < 4.78 is 39.4. The first-order chi connectivity index (χ1) is 16.6. The van der Waals surface area contributed by atoms with Gasteiger partial charge in [-0.1, -0.05) is 18.6 Å². The van der Waals surface area contributed by atoms with Crippen molar-refractivity contribution in [3.05, 3.63) is 53.1 Å². The lowest BCUT2D eigenvalue weighted by Crippen LogP contribution is -2.41. The van der Waals surface area contributed by atoms with E-state index in [-0.39, 0.29) is 28.9 Å². The lowest BCUT2D eigenvalue weighted by molar-refractivity contribution is -0.122. The summed E-state index contributed by atoms with van der Waals surface area (Å²) in [6.07, 6.45) is 4.10. The topological polar surface area (TPSA) is 84.9 Å². The van der Waals surface area contributed by atoms with Gasteiger partial charge in [0.2, 0.25) is 15.9 Å². The highest BCUT2D eigenvalue weighted by molar-refractivity contribution is 7.89. The van der Waals surface area contributed by atoms with E-state index in [1.165, 1.54) is 0 Å². The van der Waals surface area contributed by atoms with Crippen molar-refractivity contribution in [2.24, 2.45) is 0 Å². The lowest BCUT2D eigenvalue weighted by atomic mass is 9.89. The maximum Gasteiger partial charge on any atom is 0.243 e. The van der Waals surface area contributed by atoms with Crippen LogP contribution < -0.4 is 14.8 Å². The Morgan fingerprint density at radius 3 is 2.60 bits per heavy atom. The number of nitrogens with one attached hydrogen (secondary N) is 1. The van der Waals surface area contributed by atoms with Crippen molar-refractivity contribution >= 4 is 15.9 Å². The summed E-state index contributed by atoms with van der Waals surface area (Å²) >= 11 is 0. The van der Waals surface area contributed by atoms with Gasteiger partial charge in [0.05, 0.1) is 18.0 Å². The normalized spacial score (nSPS) is 19.9. The summed E-state index contributed by atoms with van der Waals surface area (Å²) in [4.78, 5) is 13.2. The number of rotatable bonds is 7. The number of hydrogen-bond acceptors (Lipinski definition) is 5. The van der Waals surface area contributed by atoms with Crippen molar-refractivity contribution < 1.29 is 22.7 Å². The molecule has 0 bridgehead atoms. The van der Waals surface area contributed by atoms with Gasteiger partial charge in [-0.15, -0.1) is 0 Å². The molecule has 1 N–H and O–H groups in total. The number of ether oxygens (including phenoxy) is 2. The van der Waals surface area contributed by atoms with Crippen LogP contribution in [0.1, 0.15) is 68.7 Å². The van der Waals surface area contributed by atoms with Crippen LogP contribution >= 0.6 is 0 Å². The third-order valence-electron chi connectivity index (χ3n) is 6.79. The summed E-state index contributed by atoms with van der Waals surface area (Å²) in [5.41, 5.74) is 2.41. The molecule has 2 aromatic carbocycles. The molecule has 4 rings (SSSR count). The van der Waals surface area contributed by atoms with Crippen LogP contribution in [0, 0.1) is 6.92 Å². The number of hydrogen-bond donors (Lipinski definition) is 1. The maximum absolute atomic E-state index is 13.1. The number of fused-ring (bicyclic) bond motifs is 1. The molecule has 190 valence electrons. The number of benzene rings is 2. The predicted octanol–water partition coefficient (Wildman–Crippen LogP) is 4.53. The highest BCUT2D eigenvalue weighted by Crippen LogP contribution is 2.40. The summed E-state index contributed by atoms with van der Waals surface area (Å²) in [5.74, 6) is 1.30. The fourth-order valence-corrected chi connectivity index (χ4v) is 6.54. The number of nitrogens with zero attached hydrogens (tertiary/aromatic N) is 1. The molecule has 7 nitrogen and oxygen atoms in total. The number of amides is 1. The smallest absolute Gasteiger partial charge is 0.243 e. The molecular weight excluding hydrogens is 464 g/mol. The molecule has 2 aliphatic heterocycles. The summed E-state index contributed by atoms with van der Waals surface area (Å²) in [6, 6.07) is 10.8. The molecule has 2 aromatic rings. The van der Waals surface area contributed by atoms with Crippen LogP contribution in [0.15, 0.2) is 41.3 Å². The second-order valence-electron chi connectivity index (χ2n) is 10.2. The van der Waals surface area contributed by atoms with E-state index >= 15 is 0 Å². The van der Waals surface area contributed by atoms with E-state index in [1.54, 1.807) is 29.6 Å². The lowest BCUT2D eigenvalue weighted by Gasteiger charge is -2.38. The number of aryl methyl sites for hydroxylation is 2. The Labute approximate surface area is 208 Å². The first-order valence-electron chi connectivity index (χ1n) is 12.3. The van der Waals surface area contributed by atoms with E-state index in [0.29, 0.717) is 37.2 Å². The molecule has 0 unspecified atom stereocenters. The van der Waals surface area contributed by atoms with E-state index in [9.17, 15) is 13.2 Å². The molecule has 0 spiro atoms. The SMILES string of the molecule is COc1ccc(S(=O)(=O)N2CCCCC2)cc1CCC(=O)N[C@H]1CC(C)(C)Oc2cc(C)ccc21. The van der Waals surface area contributed by atoms with Crippen molar-refractivity contribution in [2.45, 2.75) is 75.8 Å². The Morgan fingerprint density at radius 2 is 1.89 bits per heavy atom. The van der Waals surface area contributed by atoms with Crippen molar-refractivity contribution in [1.29, 1.82) is 0 Å². The number of methoxy groups -OCH3 is 1. The average Bonchev–Trinajstić information content (AvgIpc) is 2.82. The van der Waals surface area contributed by atoms with Crippen molar-refractivity contribution in [3.8, 4) is 11.5 Å². The minimum Gasteiger partial charge on any atom is -0.496 e. The summed E-state index contributed by atoms with van der Waals surface area (Å²) in [7, 11) is -2.00. The Balaban J connectivity index is 1.47. The predicted molar refractivity (Wildman–Crippen MR) is 135 cm³/mol. The van der Waals surface area contributed by atoms with Gasteiger partial charge in [0.25, 0.3) is 0 Å².